The van der Waals surface area contributed by atoms with E-state index in [1.807, 2.05) is 0 Å². The third kappa shape index (κ3) is 4.09. The largest absolute Gasteiger partial charge is 0.454 e. The molecule has 0 N–H and O–H groups in total. The highest BCUT2D eigenvalue weighted by Crippen LogP contribution is 2.53. The van der Waals surface area contributed by atoms with E-state index in [1.54, 1.807) is 4.31 Å². The van der Waals surface area contributed by atoms with Gasteiger partial charge >= 0.3 is 5.97 Å². The predicted molar refractivity (Wildman–Crippen MR) is 101 cm³/mol. The number of rotatable bonds is 5. The average Bonchev–Trinajstić information content (AvgIpc) is 2.82. The molecule has 3 rings (SSSR count). The van der Waals surface area contributed by atoms with Gasteiger partial charge in [-0.05, 0) is 55.2 Å². The Kier molecular flexibility index (Phi) is 4.97. The van der Waals surface area contributed by atoms with E-state index in [4.69, 9.17) is 4.74 Å². The molecular weight excluding hydrogens is 366 g/mol. The first kappa shape index (κ1) is 20.0. The molecule has 148 valence electrons. The second-order valence-electron chi connectivity index (χ2n) is 9.07. The summed E-state index contributed by atoms with van der Waals surface area (Å²) in [4.78, 5) is 23.2. The second kappa shape index (κ2) is 6.71. The Bertz CT molecular complexity index is 876. The number of esters is 1. The first-order chi connectivity index (χ1) is 12.4. The number of hydrogen-bond donors (Lipinski definition) is 0. The molecule has 0 amide bonds. The van der Waals surface area contributed by atoms with Crippen LogP contribution in [0.25, 0.3) is 0 Å². The number of hydrogen-bond acceptors (Lipinski definition) is 5. The Morgan fingerprint density at radius 3 is 2.59 bits per heavy atom. The van der Waals surface area contributed by atoms with E-state index in [2.05, 4.69) is 20.8 Å². The number of nitrogens with zero attached hydrogens (tertiary/aromatic N) is 1. The van der Waals surface area contributed by atoms with Gasteiger partial charge < -0.3 is 4.74 Å². The molecule has 0 spiro atoms. The summed E-state index contributed by atoms with van der Waals surface area (Å²) in [5.74, 6) is -0.970. The Labute approximate surface area is 160 Å². The van der Waals surface area contributed by atoms with Gasteiger partial charge in [0, 0.05) is 12.6 Å². The highest BCUT2D eigenvalue weighted by Gasteiger charge is 2.53. The van der Waals surface area contributed by atoms with E-state index in [0.29, 0.717) is 6.54 Å². The Balaban J connectivity index is 1.87. The third-order valence-corrected chi connectivity index (χ3v) is 7.34. The summed E-state index contributed by atoms with van der Waals surface area (Å²) < 4.78 is 33.1. The predicted octanol–water partition coefficient (Wildman–Crippen LogP) is 3.02. The van der Waals surface area contributed by atoms with E-state index in [-0.39, 0.29) is 39.7 Å². The number of carbonyl (C=O) groups is 2. The zero-order valence-electron chi connectivity index (χ0n) is 16.3. The Morgan fingerprint density at radius 1 is 1.22 bits per heavy atom. The molecule has 27 heavy (non-hydrogen) atoms. The van der Waals surface area contributed by atoms with Crippen LogP contribution >= 0.6 is 0 Å². The van der Waals surface area contributed by atoms with Crippen molar-refractivity contribution in [2.24, 2.45) is 10.8 Å². The number of carbonyl (C=O) groups excluding carboxylic acids is 2. The van der Waals surface area contributed by atoms with Crippen LogP contribution in [-0.2, 0) is 19.6 Å². The van der Waals surface area contributed by atoms with Crippen molar-refractivity contribution in [1.82, 2.24) is 4.31 Å². The molecule has 1 aromatic carbocycles. The van der Waals surface area contributed by atoms with Gasteiger partial charge in [-0.25, -0.2) is 13.2 Å². The third-order valence-electron chi connectivity index (χ3n) is 5.45. The molecule has 7 heteroatoms. The van der Waals surface area contributed by atoms with Crippen molar-refractivity contribution in [2.45, 2.75) is 57.9 Å². The second-order valence-corrected chi connectivity index (χ2v) is 11.0. The molecule has 0 radical (unpaired) electrons. The van der Waals surface area contributed by atoms with E-state index in [0.717, 1.165) is 19.3 Å². The van der Waals surface area contributed by atoms with Crippen LogP contribution in [0.4, 0.5) is 0 Å². The fraction of sp³-hybridized carbons (Fsp3) is 0.600. The van der Waals surface area contributed by atoms with Crippen LogP contribution in [0, 0.1) is 10.8 Å². The number of benzene rings is 1. The molecule has 6 nitrogen and oxygen atoms in total. The van der Waals surface area contributed by atoms with Crippen LogP contribution in [0.3, 0.4) is 0 Å². The Hall–Kier alpha value is -1.73. The molecular formula is C20H27NO5S. The van der Waals surface area contributed by atoms with Crippen molar-refractivity contribution in [2.75, 3.05) is 13.2 Å². The maximum absolute atomic E-state index is 13.3. The van der Waals surface area contributed by atoms with Gasteiger partial charge in [-0.1, -0.05) is 26.8 Å². The molecule has 2 unspecified atom stereocenters. The molecule has 1 aliphatic carbocycles. The van der Waals surface area contributed by atoms with Crippen LogP contribution in [0.5, 0.6) is 0 Å². The minimum atomic E-state index is -3.71. The number of fused-ring (bicyclic) bond motifs is 2. The van der Waals surface area contributed by atoms with Gasteiger partial charge in [0.25, 0.3) is 0 Å². The average molecular weight is 394 g/mol. The number of Topliss-reactive ketones (excluding diaryl/α,β-unsaturated/α-hetero) is 1. The minimum Gasteiger partial charge on any atom is -0.454 e. The lowest BCUT2D eigenvalue weighted by molar-refractivity contribution is -0.120. The molecule has 2 aliphatic rings. The summed E-state index contributed by atoms with van der Waals surface area (Å²) in [7, 11) is -3.71. The fourth-order valence-electron chi connectivity index (χ4n) is 4.86. The fourth-order valence-corrected chi connectivity index (χ4v) is 6.68. The van der Waals surface area contributed by atoms with Crippen molar-refractivity contribution in [3.63, 3.8) is 0 Å². The van der Waals surface area contributed by atoms with Crippen molar-refractivity contribution < 1.29 is 22.7 Å². The number of ketones is 1. The quantitative estimate of drug-likeness (QED) is 0.719. The van der Waals surface area contributed by atoms with Crippen LogP contribution in [-0.4, -0.2) is 43.7 Å². The number of sulfonamides is 1. The zero-order valence-corrected chi connectivity index (χ0v) is 17.1. The van der Waals surface area contributed by atoms with E-state index >= 15 is 0 Å². The van der Waals surface area contributed by atoms with Crippen LogP contribution in [0.15, 0.2) is 29.2 Å². The summed E-state index contributed by atoms with van der Waals surface area (Å²) >= 11 is 0. The van der Waals surface area contributed by atoms with Gasteiger partial charge in [-0.3, -0.25) is 4.79 Å². The zero-order chi connectivity index (χ0) is 20.0. The first-order valence-electron chi connectivity index (χ1n) is 9.20. The lowest BCUT2D eigenvalue weighted by Crippen LogP contribution is -2.37. The minimum absolute atomic E-state index is 0.0164. The lowest BCUT2D eigenvalue weighted by atomic mass is 9.65. The van der Waals surface area contributed by atoms with Gasteiger partial charge in [0.15, 0.2) is 5.78 Å². The van der Waals surface area contributed by atoms with Crippen molar-refractivity contribution >= 4 is 21.8 Å². The van der Waals surface area contributed by atoms with Crippen LogP contribution < -0.4 is 0 Å². The standard InChI is InChI=1S/C20H27NO5S/c1-14(22)11-26-18(23)15-6-5-7-17(8-15)27(24,25)21-13-20(4)10-16(21)9-19(2,3)12-20/h5-8,16H,9-13H2,1-4H3. The summed E-state index contributed by atoms with van der Waals surface area (Å²) in [5.41, 5.74) is 0.226. The van der Waals surface area contributed by atoms with Gasteiger partial charge in [0.1, 0.15) is 6.61 Å². The summed E-state index contributed by atoms with van der Waals surface area (Å²) in [6.45, 7) is 8.05. The van der Waals surface area contributed by atoms with E-state index in [1.165, 1.54) is 31.2 Å². The van der Waals surface area contributed by atoms with E-state index in [9.17, 15) is 18.0 Å². The molecule has 1 saturated carbocycles. The van der Waals surface area contributed by atoms with E-state index < -0.39 is 16.0 Å². The number of ether oxygens (including phenoxy) is 1. The van der Waals surface area contributed by atoms with Crippen LogP contribution in [0.1, 0.15) is 57.3 Å². The monoisotopic (exact) mass is 393 g/mol. The van der Waals surface area contributed by atoms with Gasteiger partial charge in [-0.2, -0.15) is 4.31 Å². The molecule has 0 aromatic heterocycles. The Morgan fingerprint density at radius 2 is 1.93 bits per heavy atom. The molecule has 1 aliphatic heterocycles. The molecule has 2 bridgehead atoms. The van der Waals surface area contributed by atoms with Crippen molar-refractivity contribution in [3.8, 4) is 0 Å². The van der Waals surface area contributed by atoms with Crippen LogP contribution in [0.2, 0.25) is 0 Å². The SMILES string of the molecule is CC(=O)COC(=O)c1cccc(S(=O)(=O)N2CC3(C)CC2CC(C)(C)C3)c1. The maximum Gasteiger partial charge on any atom is 0.338 e. The molecule has 1 saturated heterocycles. The molecule has 2 atom stereocenters. The smallest absolute Gasteiger partial charge is 0.338 e. The van der Waals surface area contributed by atoms with Gasteiger partial charge in [0.2, 0.25) is 10.0 Å². The van der Waals surface area contributed by atoms with Gasteiger partial charge in [-0.15, -0.1) is 0 Å². The summed E-state index contributed by atoms with van der Waals surface area (Å²) in [6.07, 6.45) is 2.71. The molecule has 2 fully saturated rings. The topological polar surface area (TPSA) is 80.8 Å². The summed E-state index contributed by atoms with van der Waals surface area (Å²) in [6, 6.07) is 5.86. The van der Waals surface area contributed by atoms with Gasteiger partial charge in [0.05, 0.1) is 10.5 Å². The first-order valence-corrected chi connectivity index (χ1v) is 10.6. The normalized spacial score (nSPS) is 27.3. The maximum atomic E-state index is 13.3. The van der Waals surface area contributed by atoms with Crippen molar-refractivity contribution in [3.05, 3.63) is 29.8 Å². The van der Waals surface area contributed by atoms with Crippen molar-refractivity contribution in [1.29, 1.82) is 0 Å². The molecule has 1 aromatic rings. The summed E-state index contributed by atoms with van der Waals surface area (Å²) in [5, 5.41) is 0. The molecule has 1 heterocycles. The highest BCUT2D eigenvalue weighted by molar-refractivity contribution is 7.89. The lowest BCUT2D eigenvalue weighted by Gasteiger charge is -2.39. The highest BCUT2D eigenvalue weighted by atomic mass is 32.2.